The molecule has 178 valence electrons. The van der Waals surface area contributed by atoms with E-state index < -0.39 is 52.5 Å². The van der Waals surface area contributed by atoms with E-state index >= 15 is 0 Å². The number of sulfonamides is 1. The molecule has 1 fully saturated rings. The third kappa shape index (κ3) is 4.03. The highest BCUT2D eigenvalue weighted by Gasteiger charge is 2.50. The highest BCUT2D eigenvalue weighted by Crippen LogP contribution is 2.32. The van der Waals surface area contributed by atoms with Crippen LogP contribution in [0, 0.1) is 6.92 Å². The Morgan fingerprint density at radius 2 is 1.59 bits per heavy atom. The summed E-state index contributed by atoms with van der Waals surface area (Å²) in [6.07, 6.45) is -2.71. The molecule has 0 radical (unpaired) electrons. The maximum absolute atomic E-state index is 13.2. The molecule has 11 heteroatoms. The maximum Gasteiger partial charge on any atom is 0.424 e. The summed E-state index contributed by atoms with van der Waals surface area (Å²) in [6, 6.07) is 11.1. The molecule has 2 heterocycles. The van der Waals surface area contributed by atoms with Gasteiger partial charge >= 0.3 is 12.1 Å². The van der Waals surface area contributed by atoms with Gasteiger partial charge in [0.2, 0.25) is 0 Å². The first-order valence-electron chi connectivity index (χ1n) is 10.5. The average molecular weight is 487 g/mol. The number of rotatable bonds is 7. The van der Waals surface area contributed by atoms with E-state index in [9.17, 15) is 27.6 Å². The summed E-state index contributed by atoms with van der Waals surface area (Å²) in [5.41, 5.74) is 1.36. The van der Waals surface area contributed by atoms with Gasteiger partial charge in [-0.05, 0) is 31.2 Å². The third-order valence-corrected chi connectivity index (χ3v) is 7.66. The van der Waals surface area contributed by atoms with Crippen LogP contribution in [0.4, 0.5) is 4.79 Å². The number of cyclic esters (lactones) is 1. The molecule has 0 N–H and O–H groups in total. The zero-order valence-corrected chi connectivity index (χ0v) is 19.3. The summed E-state index contributed by atoms with van der Waals surface area (Å²) in [5.74, 6) is -1.71. The van der Waals surface area contributed by atoms with Crippen LogP contribution >= 0.6 is 0 Å². The number of carbonyl (C=O) groups excluding carboxylic acids is 4. The zero-order valence-electron chi connectivity index (χ0n) is 18.5. The number of esters is 1. The second-order valence-electron chi connectivity index (χ2n) is 7.98. The molecule has 2 aliphatic heterocycles. The first kappa shape index (κ1) is 23.4. The molecule has 1 saturated heterocycles. The molecule has 10 nitrogen and oxygen atoms in total. The number of imide groups is 1. The minimum Gasteiger partial charge on any atom is -0.469 e. The first-order chi connectivity index (χ1) is 16.1. The fraction of sp³-hybridized carbons (Fsp3) is 0.304. The van der Waals surface area contributed by atoms with Gasteiger partial charge in [0.05, 0.1) is 35.6 Å². The molecule has 0 unspecified atom stereocenters. The van der Waals surface area contributed by atoms with Gasteiger partial charge in [-0.3, -0.25) is 19.3 Å². The summed E-state index contributed by atoms with van der Waals surface area (Å²) in [7, 11) is -3.19. The standard InChI is InChI=1S/C23H22N2O8S/c1-14-7-9-15(10-8-14)34(30,31)25-18(13-20(26)32-2)19(33-23(25)29)11-12-24-21(27)16-5-3-4-6-17(16)22(24)28/h3-10,18-19H,11-13H2,1-2H3/t18-,19+/m0/s1. The minimum absolute atomic E-state index is 0.0568. The van der Waals surface area contributed by atoms with Crippen molar-refractivity contribution in [2.24, 2.45) is 0 Å². The van der Waals surface area contributed by atoms with Gasteiger partial charge in [-0.25, -0.2) is 13.2 Å². The highest BCUT2D eigenvalue weighted by atomic mass is 32.2. The maximum atomic E-state index is 13.2. The molecule has 2 aromatic carbocycles. The Bertz CT molecular complexity index is 1240. The number of hydrogen-bond donors (Lipinski definition) is 0. The van der Waals surface area contributed by atoms with Gasteiger partial charge < -0.3 is 9.47 Å². The quantitative estimate of drug-likeness (QED) is 0.430. The van der Waals surface area contributed by atoms with Crippen molar-refractivity contribution < 1.29 is 37.1 Å². The van der Waals surface area contributed by atoms with Gasteiger partial charge in [-0.2, -0.15) is 4.31 Å². The Labute approximate surface area is 196 Å². The number of ether oxygens (including phenoxy) is 2. The molecule has 0 saturated carbocycles. The molecular weight excluding hydrogens is 464 g/mol. The Balaban J connectivity index is 1.58. The van der Waals surface area contributed by atoms with Crippen molar-refractivity contribution in [3.63, 3.8) is 0 Å². The summed E-state index contributed by atoms with van der Waals surface area (Å²) in [5, 5.41) is 0. The van der Waals surface area contributed by atoms with Gasteiger partial charge in [0.15, 0.2) is 0 Å². The minimum atomic E-state index is -4.34. The Morgan fingerprint density at radius 3 is 2.15 bits per heavy atom. The third-order valence-electron chi connectivity index (χ3n) is 5.86. The number of carbonyl (C=O) groups is 4. The molecule has 0 bridgehead atoms. The van der Waals surface area contributed by atoms with E-state index in [1.165, 1.54) is 12.1 Å². The van der Waals surface area contributed by atoms with Crippen LogP contribution in [0.15, 0.2) is 53.4 Å². The lowest BCUT2D eigenvalue weighted by Gasteiger charge is -2.24. The Kier molecular flexibility index (Phi) is 6.13. The summed E-state index contributed by atoms with van der Waals surface area (Å²) < 4.78 is 37.1. The molecule has 0 aromatic heterocycles. The lowest BCUT2D eigenvalue weighted by molar-refractivity contribution is -0.141. The van der Waals surface area contributed by atoms with Gasteiger partial charge in [-0.1, -0.05) is 29.8 Å². The van der Waals surface area contributed by atoms with E-state index in [1.807, 2.05) is 0 Å². The van der Waals surface area contributed by atoms with E-state index in [4.69, 9.17) is 4.74 Å². The predicted octanol–water partition coefficient (Wildman–Crippen LogP) is 2.12. The molecule has 34 heavy (non-hydrogen) atoms. The highest BCUT2D eigenvalue weighted by molar-refractivity contribution is 7.89. The fourth-order valence-electron chi connectivity index (χ4n) is 4.06. The van der Waals surface area contributed by atoms with Crippen molar-refractivity contribution in [1.82, 2.24) is 9.21 Å². The van der Waals surface area contributed by atoms with Crippen molar-refractivity contribution in [3.8, 4) is 0 Å². The van der Waals surface area contributed by atoms with E-state index in [0.717, 1.165) is 17.6 Å². The van der Waals surface area contributed by atoms with Gasteiger partial charge in [0.1, 0.15) is 6.10 Å². The van der Waals surface area contributed by atoms with Crippen molar-refractivity contribution in [3.05, 3.63) is 65.2 Å². The summed E-state index contributed by atoms with van der Waals surface area (Å²) in [6.45, 7) is 1.66. The van der Waals surface area contributed by atoms with Crippen LogP contribution in [0.5, 0.6) is 0 Å². The largest absolute Gasteiger partial charge is 0.469 e. The molecule has 2 atom stereocenters. The van der Waals surface area contributed by atoms with E-state index in [1.54, 1.807) is 43.3 Å². The first-order valence-corrected chi connectivity index (χ1v) is 11.9. The molecule has 2 aliphatic rings. The van der Waals surface area contributed by atoms with E-state index in [2.05, 4.69) is 4.74 Å². The van der Waals surface area contributed by atoms with Crippen molar-refractivity contribution in [2.45, 2.75) is 36.8 Å². The predicted molar refractivity (Wildman–Crippen MR) is 117 cm³/mol. The zero-order chi connectivity index (χ0) is 24.6. The molecular formula is C23H22N2O8S. The van der Waals surface area contributed by atoms with Crippen LogP contribution in [0.2, 0.25) is 0 Å². The molecule has 4 rings (SSSR count). The van der Waals surface area contributed by atoms with Crippen molar-refractivity contribution >= 4 is 33.9 Å². The van der Waals surface area contributed by atoms with Crippen molar-refractivity contribution in [1.29, 1.82) is 0 Å². The second-order valence-corrected chi connectivity index (χ2v) is 9.79. The number of hydrogen-bond acceptors (Lipinski definition) is 8. The molecule has 2 aromatic rings. The van der Waals surface area contributed by atoms with Gasteiger partial charge in [0, 0.05) is 13.0 Å². The number of nitrogens with zero attached hydrogens (tertiary/aromatic N) is 2. The van der Waals surface area contributed by atoms with Crippen LogP contribution in [-0.4, -0.2) is 67.3 Å². The average Bonchev–Trinajstić information content (AvgIpc) is 3.26. The second kappa shape index (κ2) is 8.90. The molecule has 0 aliphatic carbocycles. The van der Waals surface area contributed by atoms with Crippen LogP contribution in [0.25, 0.3) is 0 Å². The lowest BCUT2D eigenvalue weighted by Crippen LogP contribution is -2.43. The monoisotopic (exact) mass is 486 g/mol. The van der Waals surface area contributed by atoms with E-state index in [-0.39, 0.29) is 29.0 Å². The van der Waals surface area contributed by atoms with Crippen molar-refractivity contribution in [2.75, 3.05) is 13.7 Å². The molecule has 0 spiro atoms. The fourth-order valence-corrected chi connectivity index (χ4v) is 5.58. The topological polar surface area (TPSA) is 127 Å². The Hall–Kier alpha value is -3.73. The number of aryl methyl sites for hydroxylation is 1. The Morgan fingerprint density at radius 1 is 1.00 bits per heavy atom. The smallest absolute Gasteiger partial charge is 0.424 e. The molecule has 3 amide bonds. The number of fused-ring (bicyclic) bond motifs is 1. The lowest BCUT2D eigenvalue weighted by atomic mass is 10.1. The summed E-state index contributed by atoms with van der Waals surface area (Å²) in [4.78, 5) is 50.9. The summed E-state index contributed by atoms with van der Waals surface area (Å²) >= 11 is 0. The number of amides is 3. The van der Waals surface area contributed by atoms with Crippen LogP contribution in [-0.2, 0) is 24.3 Å². The number of benzene rings is 2. The normalized spacial score (nSPS) is 19.9. The van der Waals surface area contributed by atoms with E-state index in [0.29, 0.717) is 4.31 Å². The number of methoxy groups -OCH3 is 1. The van der Waals surface area contributed by atoms with Gasteiger partial charge in [-0.15, -0.1) is 0 Å². The van der Waals surface area contributed by atoms with Crippen LogP contribution in [0.3, 0.4) is 0 Å². The van der Waals surface area contributed by atoms with Crippen LogP contribution < -0.4 is 0 Å². The van der Waals surface area contributed by atoms with Gasteiger partial charge in [0.25, 0.3) is 21.8 Å². The SMILES string of the molecule is COC(=O)C[C@H]1[C@@H](CCN2C(=O)c3ccccc3C2=O)OC(=O)N1S(=O)(=O)c1ccc(C)cc1. The van der Waals surface area contributed by atoms with Crippen LogP contribution in [0.1, 0.15) is 39.1 Å².